The molecular weight excluding hydrogens is 330 g/mol. The minimum absolute atomic E-state index is 0.752. The first-order valence-electron chi connectivity index (χ1n) is 7.76. The van der Waals surface area contributed by atoms with Crippen molar-refractivity contribution in [1.29, 1.82) is 0 Å². The van der Waals surface area contributed by atoms with E-state index in [9.17, 15) is 0 Å². The fourth-order valence-electron chi connectivity index (χ4n) is 3.17. The number of methoxy groups -OCH3 is 2. The van der Waals surface area contributed by atoms with E-state index in [2.05, 4.69) is 34.2 Å². The van der Waals surface area contributed by atoms with Crippen LogP contribution in [0.2, 0.25) is 0 Å². The van der Waals surface area contributed by atoms with Crippen molar-refractivity contribution in [3.63, 3.8) is 0 Å². The van der Waals surface area contributed by atoms with Gasteiger partial charge in [-0.1, -0.05) is 26.2 Å². The van der Waals surface area contributed by atoms with Gasteiger partial charge in [0.1, 0.15) is 0 Å². The standard InChI is InChI=1S/C17H26BrNO2/c1-12-6-4-5-7-14(12)11-19-10-13-8-15(18)17(21-3)16(9-13)20-2/h8-9,12,14,19H,4-7,10-11H2,1-3H3. The van der Waals surface area contributed by atoms with Gasteiger partial charge in [0, 0.05) is 6.54 Å². The van der Waals surface area contributed by atoms with Crippen LogP contribution in [-0.4, -0.2) is 20.8 Å². The predicted octanol–water partition coefficient (Wildman–Crippen LogP) is 4.38. The summed E-state index contributed by atoms with van der Waals surface area (Å²) in [5.74, 6) is 3.20. The van der Waals surface area contributed by atoms with Gasteiger partial charge in [-0.25, -0.2) is 0 Å². The number of hydrogen-bond donors (Lipinski definition) is 1. The molecule has 1 saturated carbocycles. The van der Waals surface area contributed by atoms with Crippen molar-refractivity contribution < 1.29 is 9.47 Å². The second-order valence-electron chi connectivity index (χ2n) is 5.97. The van der Waals surface area contributed by atoms with Gasteiger partial charge >= 0.3 is 0 Å². The van der Waals surface area contributed by atoms with Crippen LogP contribution in [0.3, 0.4) is 0 Å². The highest BCUT2D eigenvalue weighted by molar-refractivity contribution is 9.10. The molecule has 0 aromatic heterocycles. The first-order chi connectivity index (χ1) is 10.2. The molecule has 0 amide bonds. The second kappa shape index (κ2) is 8.04. The van der Waals surface area contributed by atoms with Crippen LogP contribution in [0.4, 0.5) is 0 Å². The lowest BCUT2D eigenvalue weighted by Gasteiger charge is -2.29. The van der Waals surface area contributed by atoms with E-state index in [4.69, 9.17) is 9.47 Å². The fraction of sp³-hybridized carbons (Fsp3) is 0.647. The third kappa shape index (κ3) is 4.36. The molecule has 118 valence electrons. The number of benzene rings is 1. The molecule has 0 saturated heterocycles. The monoisotopic (exact) mass is 355 g/mol. The second-order valence-corrected chi connectivity index (χ2v) is 6.82. The molecular formula is C17H26BrNO2. The Morgan fingerprint density at radius 3 is 2.62 bits per heavy atom. The summed E-state index contributed by atoms with van der Waals surface area (Å²) in [5.41, 5.74) is 1.21. The van der Waals surface area contributed by atoms with Gasteiger partial charge < -0.3 is 14.8 Å². The van der Waals surface area contributed by atoms with E-state index in [1.807, 2.05) is 6.07 Å². The van der Waals surface area contributed by atoms with Crippen LogP contribution in [0, 0.1) is 11.8 Å². The summed E-state index contributed by atoms with van der Waals surface area (Å²) < 4.78 is 11.7. The van der Waals surface area contributed by atoms with Crippen LogP contribution >= 0.6 is 15.9 Å². The quantitative estimate of drug-likeness (QED) is 0.820. The predicted molar refractivity (Wildman–Crippen MR) is 90.1 cm³/mol. The topological polar surface area (TPSA) is 30.5 Å². The van der Waals surface area contributed by atoms with E-state index in [0.717, 1.165) is 40.9 Å². The first-order valence-corrected chi connectivity index (χ1v) is 8.56. The summed E-state index contributed by atoms with van der Waals surface area (Å²) in [6.07, 6.45) is 5.54. The third-order valence-electron chi connectivity index (χ3n) is 4.52. The molecule has 1 N–H and O–H groups in total. The van der Waals surface area contributed by atoms with E-state index in [1.54, 1.807) is 14.2 Å². The number of ether oxygens (including phenoxy) is 2. The lowest BCUT2D eigenvalue weighted by Crippen LogP contribution is -2.29. The van der Waals surface area contributed by atoms with Crippen molar-refractivity contribution in [2.24, 2.45) is 11.8 Å². The summed E-state index contributed by atoms with van der Waals surface area (Å²) in [4.78, 5) is 0. The van der Waals surface area contributed by atoms with E-state index in [1.165, 1.54) is 31.2 Å². The highest BCUT2D eigenvalue weighted by atomic mass is 79.9. The molecule has 0 spiro atoms. The maximum atomic E-state index is 5.39. The van der Waals surface area contributed by atoms with Gasteiger partial charge in [0.2, 0.25) is 0 Å². The van der Waals surface area contributed by atoms with Crippen molar-refractivity contribution >= 4 is 15.9 Å². The smallest absolute Gasteiger partial charge is 0.174 e. The van der Waals surface area contributed by atoms with Gasteiger partial charge in [0.15, 0.2) is 11.5 Å². The van der Waals surface area contributed by atoms with Crippen molar-refractivity contribution in [2.75, 3.05) is 20.8 Å². The van der Waals surface area contributed by atoms with Crippen molar-refractivity contribution in [3.8, 4) is 11.5 Å². The Kier molecular flexibility index (Phi) is 6.37. The largest absolute Gasteiger partial charge is 0.493 e. The van der Waals surface area contributed by atoms with Crippen LogP contribution in [0.15, 0.2) is 16.6 Å². The minimum atomic E-state index is 0.752. The molecule has 21 heavy (non-hydrogen) atoms. The van der Waals surface area contributed by atoms with E-state index < -0.39 is 0 Å². The molecule has 0 heterocycles. The Bertz CT molecular complexity index is 464. The molecule has 2 atom stereocenters. The Hall–Kier alpha value is -0.740. The number of rotatable bonds is 6. The Balaban J connectivity index is 1.92. The van der Waals surface area contributed by atoms with Crippen molar-refractivity contribution in [1.82, 2.24) is 5.32 Å². The van der Waals surface area contributed by atoms with Crippen LogP contribution < -0.4 is 14.8 Å². The lowest BCUT2D eigenvalue weighted by atomic mass is 9.80. The van der Waals surface area contributed by atoms with Gasteiger partial charge in [-0.05, 0) is 58.4 Å². The summed E-state index contributed by atoms with van der Waals surface area (Å²) in [6.45, 7) is 4.35. The number of halogens is 1. The summed E-state index contributed by atoms with van der Waals surface area (Å²) in [5, 5.41) is 3.60. The Morgan fingerprint density at radius 2 is 1.95 bits per heavy atom. The molecule has 1 aliphatic carbocycles. The highest BCUT2D eigenvalue weighted by Gasteiger charge is 2.20. The molecule has 1 aliphatic rings. The molecule has 1 fully saturated rings. The summed E-state index contributed by atoms with van der Waals surface area (Å²) in [6, 6.07) is 4.14. The molecule has 1 aromatic carbocycles. The van der Waals surface area contributed by atoms with Gasteiger partial charge in [-0.3, -0.25) is 0 Å². The van der Waals surface area contributed by atoms with E-state index in [-0.39, 0.29) is 0 Å². The van der Waals surface area contributed by atoms with Crippen LogP contribution in [0.1, 0.15) is 38.2 Å². The zero-order chi connectivity index (χ0) is 15.2. The van der Waals surface area contributed by atoms with Crippen LogP contribution in [-0.2, 0) is 6.54 Å². The molecule has 0 aliphatic heterocycles. The molecule has 1 aromatic rings. The first kappa shape index (κ1) is 16.6. The summed E-state index contributed by atoms with van der Waals surface area (Å²) >= 11 is 3.54. The molecule has 0 bridgehead atoms. The van der Waals surface area contributed by atoms with Crippen LogP contribution in [0.5, 0.6) is 11.5 Å². The zero-order valence-electron chi connectivity index (χ0n) is 13.2. The average molecular weight is 356 g/mol. The number of hydrogen-bond acceptors (Lipinski definition) is 3. The zero-order valence-corrected chi connectivity index (χ0v) is 14.8. The molecule has 3 nitrogen and oxygen atoms in total. The average Bonchev–Trinajstić information content (AvgIpc) is 2.48. The van der Waals surface area contributed by atoms with Crippen LogP contribution in [0.25, 0.3) is 0 Å². The molecule has 2 rings (SSSR count). The van der Waals surface area contributed by atoms with E-state index in [0.29, 0.717) is 0 Å². The van der Waals surface area contributed by atoms with Crippen molar-refractivity contribution in [2.45, 2.75) is 39.2 Å². The van der Waals surface area contributed by atoms with Gasteiger partial charge in [0.25, 0.3) is 0 Å². The van der Waals surface area contributed by atoms with Gasteiger partial charge in [0.05, 0.1) is 18.7 Å². The summed E-state index contributed by atoms with van der Waals surface area (Å²) in [7, 11) is 3.33. The van der Waals surface area contributed by atoms with Gasteiger partial charge in [-0.15, -0.1) is 0 Å². The maximum Gasteiger partial charge on any atom is 0.174 e. The molecule has 2 unspecified atom stereocenters. The fourth-order valence-corrected chi connectivity index (χ4v) is 3.82. The van der Waals surface area contributed by atoms with E-state index >= 15 is 0 Å². The maximum absolute atomic E-state index is 5.39. The Labute approximate surface area is 136 Å². The SMILES string of the molecule is COc1cc(CNCC2CCCCC2C)cc(Br)c1OC. The minimum Gasteiger partial charge on any atom is -0.493 e. The normalized spacial score (nSPS) is 22.1. The molecule has 0 radical (unpaired) electrons. The third-order valence-corrected chi connectivity index (χ3v) is 5.11. The molecule has 4 heteroatoms. The van der Waals surface area contributed by atoms with Crippen molar-refractivity contribution in [3.05, 3.63) is 22.2 Å². The highest BCUT2D eigenvalue weighted by Crippen LogP contribution is 2.36. The lowest BCUT2D eigenvalue weighted by molar-refractivity contribution is 0.247. The van der Waals surface area contributed by atoms with Gasteiger partial charge in [-0.2, -0.15) is 0 Å². The number of nitrogens with one attached hydrogen (secondary N) is 1. The Morgan fingerprint density at radius 1 is 1.19 bits per heavy atom.